The fraction of sp³-hybridized carbons (Fsp3) is 0.0769. The van der Waals surface area contributed by atoms with E-state index in [2.05, 4.69) is 163 Å². The standard InChI is InChI=1S/C39H30N2/c1-39(2)33-19-9-6-15-28(33)31-18-12-20-35(38(31)39)40-34-24-23-27(25-32(34)26-13-4-3-5-14-26)41-36-21-10-7-16-29(36)30-17-8-11-22-37(30)41/h3-25,40H,1-2H3. The fourth-order valence-electron chi connectivity index (χ4n) is 6.93. The van der Waals surface area contributed by atoms with E-state index in [4.69, 9.17) is 0 Å². The van der Waals surface area contributed by atoms with Gasteiger partial charge in [-0.3, -0.25) is 0 Å². The van der Waals surface area contributed by atoms with Crippen LogP contribution in [0.3, 0.4) is 0 Å². The maximum absolute atomic E-state index is 3.90. The van der Waals surface area contributed by atoms with Gasteiger partial charge in [0, 0.05) is 38.8 Å². The molecular formula is C39H30N2. The summed E-state index contributed by atoms with van der Waals surface area (Å²) >= 11 is 0. The molecule has 0 unspecified atom stereocenters. The molecule has 1 heterocycles. The minimum absolute atomic E-state index is 0.0919. The molecule has 0 radical (unpaired) electrons. The average molecular weight is 527 g/mol. The van der Waals surface area contributed by atoms with Crippen LogP contribution in [0.4, 0.5) is 11.4 Å². The third kappa shape index (κ3) is 3.57. The van der Waals surface area contributed by atoms with E-state index in [0.717, 1.165) is 17.1 Å². The molecule has 0 amide bonds. The molecule has 0 spiro atoms. The van der Waals surface area contributed by atoms with Crippen molar-refractivity contribution in [3.63, 3.8) is 0 Å². The molecule has 0 fully saturated rings. The highest BCUT2D eigenvalue weighted by Crippen LogP contribution is 2.52. The molecule has 1 N–H and O–H groups in total. The Bertz CT molecular complexity index is 2040. The maximum Gasteiger partial charge on any atom is 0.0541 e. The lowest BCUT2D eigenvalue weighted by atomic mass is 9.81. The minimum atomic E-state index is -0.0919. The minimum Gasteiger partial charge on any atom is -0.355 e. The Kier molecular flexibility index (Phi) is 5.20. The van der Waals surface area contributed by atoms with Crippen LogP contribution in [0.1, 0.15) is 25.0 Å². The van der Waals surface area contributed by atoms with Crippen molar-refractivity contribution in [2.75, 3.05) is 5.32 Å². The van der Waals surface area contributed by atoms with Crippen LogP contribution in [0.15, 0.2) is 140 Å². The van der Waals surface area contributed by atoms with E-state index in [1.165, 1.54) is 55.2 Å². The van der Waals surface area contributed by atoms with Crippen LogP contribution < -0.4 is 5.32 Å². The van der Waals surface area contributed by atoms with Gasteiger partial charge in [0.2, 0.25) is 0 Å². The van der Waals surface area contributed by atoms with Gasteiger partial charge in [-0.25, -0.2) is 0 Å². The van der Waals surface area contributed by atoms with Gasteiger partial charge in [-0.1, -0.05) is 117 Å². The molecule has 7 aromatic rings. The molecule has 0 bridgehead atoms. The summed E-state index contributed by atoms with van der Waals surface area (Å²) in [5.74, 6) is 0. The van der Waals surface area contributed by atoms with E-state index in [0.29, 0.717) is 0 Å². The topological polar surface area (TPSA) is 17.0 Å². The first-order valence-electron chi connectivity index (χ1n) is 14.3. The first-order valence-corrected chi connectivity index (χ1v) is 14.3. The Balaban J connectivity index is 1.32. The summed E-state index contributed by atoms with van der Waals surface area (Å²) in [6, 6.07) is 50.4. The van der Waals surface area contributed by atoms with Crippen LogP contribution in [0, 0.1) is 0 Å². The largest absolute Gasteiger partial charge is 0.355 e. The normalized spacial score (nSPS) is 13.3. The van der Waals surface area contributed by atoms with Gasteiger partial charge in [-0.15, -0.1) is 0 Å². The van der Waals surface area contributed by atoms with Crippen molar-refractivity contribution in [1.29, 1.82) is 0 Å². The molecule has 1 aliphatic carbocycles. The molecule has 6 aromatic carbocycles. The molecule has 1 aliphatic rings. The zero-order valence-electron chi connectivity index (χ0n) is 23.2. The second-order valence-electron chi connectivity index (χ2n) is 11.5. The highest BCUT2D eigenvalue weighted by atomic mass is 15.0. The Morgan fingerprint density at radius 3 is 1.90 bits per heavy atom. The molecule has 2 nitrogen and oxygen atoms in total. The molecule has 0 saturated heterocycles. The van der Waals surface area contributed by atoms with Crippen molar-refractivity contribution in [2.24, 2.45) is 0 Å². The van der Waals surface area contributed by atoms with Crippen molar-refractivity contribution in [2.45, 2.75) is 19.3 Å². The van der Waals surface area contributed by atoms with Crippen LogP contribution in [0.25, 0.3) is 49.7 Å². The van der Waals surface area contributed by atoms with Crippen molar-refractivity contribution in [3.8, 4) is 27.9 Å². The van der Waals surface area contributed by atoms with Crippen LogP contribution in [0.2, 0.25) is 0 Å². The Labute approximate surface area is 240 Å². The van der Waals surface area contributed by atoms with Gasteiger partial charge in [-0.2, -0.15) is 0 Å². The number of nitrogens with zero attached hydrogens (tertiary/aromatic N) is 1. The van der Waals surface area contributed by atoms with Gasteiger partial charge in [0.05, 0.1) is 11.0 Å². The number of nitrogens with one attached hydrogen (secondary N) is 1. The van der Waals surface area contributed by atoms with Crippen LogP contribution in [-0.2, 0) is 5.41 Å². The molecule has 0 atom stereocenters. The summed E-state index contributed by atoms with van der Waals surface area (Å²) in [7, 11) is 0. The van der Waals surface area contributed by atoms with Crippen molar-refractivity contribution in [1.82, 2.24) is 4.57 Å². The molecule has 0 aliphatic heterocycles. The van der Waals surface area contributed by atoms with Gasteiger partial charge >= 0.3 is 0 Å². The zero-order chi connectivity index (χ0) is 27.6. The van der Waals surface area contributed by atoms with Crippen LogP contribution >= 0.6 is 0 Å². The van der Waals surface area contributed by atoms with Gasteiger partial charge < -0.3 is 9.88 Å². The fourth-order valence-corrected chi connectivity index (χ4v) is 6.93. The van der Waals surface area contributed by atoms with Crippen LogP contribution in [0.5, 0.6) is 0 Å². The van der Waals surface area contributed by atoms with E-state index in [-0.39, 0.29) is 5.41 Å². The first-order chi connectivity index (χ1) is 20.1. The molecular weight excluding hydrogens is 496 g/mol. The first kappa shape index (κ1) is 23.8. The van der Waals surface area contributed by atoms with Gasteiger partial charge in [0.1, 0.15) is 0 Å². The number of anilines is 2. The van der Waals surface area contributed by atoms with Gasteiger partial charge in [0.15, 0.2) is 0 Å². The van der Waals surface area contributed by atoms with Crippen LogP contribution in [-0.4, -0.2) is 4.57 Å². The van der Waals surface area contributed by atoms with E-state index in [1.807, 2.05) is 0 Å². The number of hydrogen-bond donors (Lipinski definition) is 1. The summed E-state index contributed by atoms with van der Waals surface area (Å²) in [6.07, 6.45) is 0. The van der Waals surface area contributed by atoms with Crippen molar-refractivity contribution < 1.29 is 0 Å². The highest BCUT2D eigenvalue weighted by molar-refractivity contribution is 6.09. The second kappa shape index (κ2) is 8.97. The number of benzene rings is 6. The quantitative estimate of drug-likeness (QED) is 0.241. The lowest BCUT2D eigenvalue weighted by Crippen LogP contribution is -2.16. The predicted molar refractivity (Wildman–Crippen MR) is 174 cm³/mol. The second-order valence-corrected chi connectivity index (χ2v) is 11.5. The summed E-state index contributed by atoms with van der Waals surface area (Å²) in [4.78, 5) is 0. The van der Waals surface area contributed by atoms with Crippen molar-refractivity contribution in [3.05, 3.63) is 151 Å². The summed E-state index contributed by atoms with van der Waals surface area (Å²) in [5, 5.41) is 6.44. The molecule has 0 saturated carbocycles. The molecule has 1 aromatic heterocycles. The maximum atomic E-state index is 3.90. The lowest BCUT2D eigenvalue weighted by molar-refractivity contribution is 0.662. The Morgan fingerprint density at radius 2 is 1.15 bits per heavy atom. The summed E-state index contributed by atoms with van der Waals surface area (Å²) in [5.41, 5.74) is 13.5. The van der Waals surface area contributed by atoms with E-state index < -0.39 is 0 Å². The number of rotatable bonds is 4. The van der Waals surface area contributed by atoms with E-state index >= 15 is 0 Å². The van der Waals surface area contributed by atoms with Gasteiger partial charge in [-0.05, 0) is 64.2 Å². The summed E-state index contributed by atoms with van der Waals surface area (Å²) in [6.45, 7) is 4.68. The zero-order valence-corrected chi connectivity index (χ0v) is 23.2. The van der Waals surface area contributed by atoms with E-state index in [1.54, 1.807) is 0 Å². The van der Waals surface area contributed by atoms with Crippen molar-refractivity contribution >= 4 is 33.2 Å². The number of fused-ring (bicyclic) bond motifs is 6. The predicted octanol–water partition coefficient (Wildman–Crippen LogP) is 10.5. The van der Waals surface area contributed by atoms with E-state index in [9.17, 15) is 0 Å². The molecule has 41 heavy (non-hydrogen) atoms. The SMILES string of the molecule is CC1(C)c2ccccc2-c2cccc(Nc3ccc(-n4c5ccccc5c5ccccc54)cc3-c3ccccc3)c21. The Hall–Kier alpha value is -5.08. The number of para-hydroxylation sites is 2. The third-order valence-electron chi connectivity index (χ3n) is 8.78. The average Bonchev–Trinajstić information content (AvgIpc) is 3.48. The molecule has 2 heteroatoms. The molecule has 8 rings (SSSR count). The molecule has 196 valence electrons. The summed E-state index contributed by atoms with van der Waals surface area (Å²) < 4.78 is 2.39. The number of hydrogen-bond acceptors (Lipinski definition) is 1. The highest BCUT2D eigenvalue weighted by Gasteiger charge is 2.37. The monoisotopic (exact) mass is 526 g/mol. The third-order valence-corrected chi connectivity index (χ3v) is 8.78. The number of aromatic nitrogens is 1. The van der Waals surface area contributed by atoms with Gasteiger partial charge in [0.25, 0.3) is 0 Å². The Morgan fingerprint density at radius 1 is 0.512 bits per heavy atom. The lowest BCUT2D eigenvalue weighted by Gasteiger charge is -2.25. The smallest absolute Gasteiger partial charge is 0.0541 e.